The number of halogens is 2. The molecule has 2 aliphatic heterocycles. The van der Waals surface area contributed by atoms with Crippen LogP contribution < -0.4 is 25.7 Å². The zero-order valence-electron chi connectivity index (χ0n) is 20.6. The molecule has 0 aliphatic carbocycles. The number of nitrogens with zero attached hydrogens (tertiary/aromatic N) is 6. The minimum atomic E-state index is -1.14. The number of anilines is 1. The Bertz CT molecular complexity index is 1390. The van der Waals surface area contributed by atoms with Gasteiger partial charge < -0.3 is 26.0 Å². The molecule has 1 saturated heterocycles. The van der Waals surface area contributed by atoms with Crippen LogP contribution in [0.5, 0.6) is 5.75 Å². The maximum absolute atomic E-state index is 14.6. The van der Waals surface area contributed by atoms with Crippen molar-refractivity contribution in [3.63, 3.8) is 0 Å². The van der Waals surface area contributed by atoms with Crippen LogP contribution >= 0.6 is 0 Å². The first kappa shape index (κ1) is 25.6. The lowest BCUT2D eigenvalue weighted by Gasteiger charge is -2.26. The molecule has 5 rings (SSSR count). The van der Waals surface area contributed by atoms with Crippen molar-refractivity contribution in [3.8, 4) is 5.75 Å². The summed E-state index contributed by atoms with van der Waals surface area (Å²) in [5, 5.41) is 15.2. The number of hydrogen-bond donors (Lipinski definition) is 3. The fraction of sp³-hybridized carbons (Fsp3) is 0.320. The Morgan fingerprint density at radius 2 is 2.03 bits per heavy atom. The summed E-state index contributed by atoms with van der Waals surface area (Å²) in [5.41, 5.74) is 5.84. The lowest BCUT2D eigenvalue weighted by atomic mass is 10.2. The van der Waals surface area contributed by atoms with Gasteiger partial charge in [-0.25, -0.2) is 14.4 Å². The summed E-state index contributed by atoms with van der Waals surface area (Å²) >= 11 is 0. The fourth-order valence-electron chi connectivity index (χ4n) is 4.51. The van der Waals surface area contributed by atoms with Crippen molar-refractivity contribution in [1.82, 2.24) is 24.8 Å². The van der Waals surface area contributed by atoms with Crippen LogP contribution in [-0.2, 0) is 4.79 Å². The lowest BCUT2D eigenvalue weighted by molar-refractivity contribution is -0.118. The molecule has 1 amide bonds. The zero-order chi connectivity index (χ0) is 26.5. The molecule has 3 aromatic rings. The highest BCUT2D eigenvalue weighted by Gasteiger charge is 2.40. The van der Waals surface area contributed by atoms with Crippen molar-refractivity contribution in [2.24, 2.45) is 16.1 Å². The summed E-state index contributed by atoms with van der Waals surface area (Å²) in [7, 11) is 0. The van der Waals surface area contributed by atoms with Crippen LogP contribution in [0.25, 0.3) is 10.9 Å². The molecule has 13 heteroatoms. The van der Waals surface area contributed by atoms with Gasteiger partial charge in [-0.2, -0.15) is 4.39 Å². The van der Waals surface area contributed by atoms with Gasteiger partial charge in [0.15, 0.2) is 18.6 Å². The molecule has 2 aliphatic rings. The third-order valence-corrected chi connectivity index (χ3v) is 6.34. The maximum atomic E-state index is 14.6. The van der Waals surface area contributed by atoms with Gasteiger partial charge >= 0.3 is 0 Å². The van der Waals surface area contributed by atoms with Crippen LogP contribution in [0.1, 0.15) is 6.42 Å². The number of nitrogens with two attached hydrogens (primary N) is 1. The van der Waals surface area contributed by atoms with Crippen molar-refractivity contribution in [1.29, 1.82) is 0 Å². The lowest BCUT2D eigenvalue weighted by Crippen LogP contribution is -2.44. The van der Waals surface area contributed by atoms with E-state index in [-0.39, 0.29) is 11.5 Å². The van der Waals surface area contributed by atoms with Gasteiger partial charge in [-0.1, -0.05) is 11.2 Å². The molecular formula is C25H28F2N9O2+. The quantitative estimate of drug-likeness (QED) is 0.275. The van der Waals surface area contributed by atoms with Gasteiger partial charge in [0.1, 0.15) is 17.9 Å². The molecule has 0 saturated carbocycles. The summed E-state index contributed by atoms with van der Waals surface area (Å²) in [6.07, 6.45) is 3.70. The number of piperazine rings is 1. The van der Waals surface area contributed by atoms with Crippen LogP contribution in [0, 0.1) is 11.6 Å². The van der Waals surface area contributed by atoms with Crippen LogP contribution in [0.2, 0.25) is 0 Å². The second-order valence-electron chi connectivity index (χ2n) is 9.05. The van der Waals surface area contributed by atoms with E-state index in [2.05, 4.69) is 35.8 Å². The van der Waals surface area contributed by atoms with Gasteiger partial charge in [0.25, 0.3) is 5.91 Å². The fourth-order valence-corrected chi connectivity index (χ4v) is 4.51. The molecular weight excluding hydrogens is 496 g/mol. The first-order valence-electron chi connectivity index (χ1n) is 12.3. The number of hydrogen-bond acceptors (Lipinski definition) is 9. The Balaban J connectivity index is 1.31. The van der Waals surface area contributed by atoms with Crippen LogP contribution in [0.15, 0.2) is 65.1 Å². The van der Waals surface area contributed by atoms with Gasteiger partial charge in [0, 0.05) is 55.5 Å². The predicted octanol–water partition coefficient (Wildman–Crippen LogP) is 2.67. The SMILES string of the molecule is NC(=O)C[N+]1(c2cccc(F)c2F)C=C(Nc2ncnc3cc(OCCCN4CCNCC4)ccc23)N=N1. The van der Waals surface area contributed by atoms with Crippen molar-refractivity contribution in [2.45, 2.75) is 6.42 Å². The van der Waals surface area contributed by atoms with E-state index in [0.29, 0.717) is 29.1 Å². The van der Waals surface area contributed by atoms with Gasteiger partial charge in [-0.3, -0.25) is 4.79 Å². The standard InChI is InChI=1S/C25H27F2N9O2/c26-19-3-1-4-21(24(19)27)36(14-22(28)37)15-23(33-34-36)32-25-18-6-5-17(13-20(18)30-16-31-25)38-12-2-9-35-10-7-29-8-11-35/h1,3-6,13,15-16,29H,2,7-12,14H2,(H2-,28,30,31,32,37)/p+1. The van der Waals surface area contributed by atoms with Crippen LogP contribution in [0.3, 0.4) is 0 Å². The van der Waals surface area contributed by atoms with Gasteiger partial charge in [-0.05, 0) is 24.6 Å². The van der Waals surface area contributed by atoms with E-state index in [1.807, 2.05) is 18.2 Å². The number of fused-ring (bicyclic) bond motifs is 1. The average molecular weight is 525 g/mol. The zero-order valence-corrected chi connectivity index (χ0v) is 20.6. The number of aromatic nitrogens is 2. The number of rotatable bonds is 10. The molecule has 1 fully saturated rings. The Morgan fingerprint density at radius 3 is 2.84 bits per heavy atom. The largest absolute Gasteiger partial charge is 0.493 e. The van der Waals surface area contributed by atoms with E-state index in [1.54, 1.807) is 0 Å². The molecule has 1 atom stereocenters. The molecule has 0 spiro atoms. The minimum Gasteiger partial charge on any atom is -0.493 e. The van der Waals surface area contributed by atoms with Gasteiger partial charge in [0.2, 0.25) is 17.3 Å². The Morgan fingerprint density at radius 1 is 1.18 bits per heavy atom. The van der Waals surface area contributed by atoms with E-state index >= 15 is 0 Å². The Hall–Kier alpha value is -4.07. The molecule has 3 heterocycles. The highest BCUT2D eigenvalue weighted by atomic mass is 19.2. The molecule has 4 N–H and O–H groups in total. The Labute approximate surface area is 217 Å². The third-order valence-electron chi connectivity index (χ3n) is 6.34. The number of benzene rings is 2. The molecule has 1 unspecified atom stereocenters. The van der Waals surface area contributed by atoms with E-state index in [9.17, 15) is 13.6 Å². The summed E-state index contributed by atoms with van der Waals surface area (Å²) in [6.45, 7) is 5.28. The van der Waals surface area contributed by atoms with Gasteiger partial charge in [0.05, 0.1) is 12.1 Å². The minimum absolute atomic E-state index is 0.183. The van der Waals surface area contributed by atoms with E-state index in [4.69, 9.17) is 10.5 Å². The normalized spacial score (nSPS) is 19.5. The third kappa shape index (κ3) is 5.59. The number of carbonyl (C=O) groups is 1. The Kier molecular flexibility index (Phi) is 7.49. The van der Waals surface area contributed by atoms with Crippen molar-refractivity contribution in [3.05, 3.63) is 66.4 Å². The van der Waals surface area contributed by atoms with E-state index in [0.717, 1.165) is 45.2 Å². The summed E-state index contributed by atoms with van der Waals surface area (Å²) in [6, 6.07) is 9.12. The van der Waals surface area contributed by atoms with Crippen molar-refractivity contribution >= 4 is 28.3 Å². The van der Waals surface area contributed by atoms with Crippen molar-refractivity contribution in [2.75, 3.05) is 51.2 Å². The first-order valence-corrected chi connectivity index (χ1v) is 12.3. The smallest absolute Gasteiger partial charge is 0.276 e. The summed E-state index contributed by atoms with van der Waals surface area (Å²) in [5.74, 6) is -1.68. The molecule has 11 nitrogen and oxygen atoms in total. The highest BCUT2D eigenvalue weighted by molar-refractivity contribution is 5.90. The van der Waals surface area contributed by atoms with Crippen molar-refractivity contribution < 1.29 is 18.3 Å². The van der Waals surface area contributed by atoms with Crippen LogP contribution in [0.4, 0.5) is 20.3 Å². The maximum Gasteiger partial charge on any atom is 0.276 e. The highest BCUT2D eigenvalue weighted by Crippen LogP contribution is 2.35. The van der Waals surface area contributed by atoms with Gasteiger partial charge in [-0.15, -0.1) is 4.59 Å². The number of nitrogens with one attached hydrogen (secondary N) is 2. The number of quaternary nitrogens is 1. The predicted molar refractivity (Wildman–Crippen MR) is 138 cm³/mol. The molecule has 0 bridgehead atoms. The number of amides is 1. The summed E-state index contributed by atoms with van der Waals surface area (Å²) < 4.78 is 33.7. The number of primary amides is 1. The number of carbonyl (C=O) groups excluding carboxylic acids is 1. The van der Waals surface area contributed by atoms with E-state index < -0.39 is 28.7 Å². The first-order chi connectivity index (χ1) is 18.4. The second kappa shape index (κ2) is 11.1. The molecule has 198 valence electrons. The second-order valence-corrected chi connectivity index (χ2v) is 9.05. The molecule has 2 aromatic carbocycles. The molecule has 38 heavy (non-hydrogen) atoms. The van der Waals surface area contributed by atoms with Crippen LogP contribution in [-0.4, -0.2) is 66.7 Å². The molecule has 1 aromatic heterocycles. The summed E-state index contributed by atoms with van der Waals surface area (Å²) in [4.78, 5) is 22.8. The molecule has 0 radical (unpaired) electrons. The number of ether oxygens (including phenoxy) is 1. The topological polar surface area (TPSA) is 130 Å². The van der Waals surface area contributed by atoms with E-state index in [1.165, 1.54) is 24.7 Å². The monoisotopic (exact) mass is 524 g/mol. The average Bonchev–Trinajstić information content (AvgIpc) is 3.31.